The number of thioether (sulfide) groups is 2. The lowest BCUT2D eigenvalue weighted by molar-refractivity contribution is -0.113. The van der Waals surface area contributed by atoms with Crippen molar-refractivity contribution in [2.45, 2.75) is 5.75 Å². The van der Waals surface area contributed by atoms with Gasteiger partial charge in [-0.25, -0.2) is 4.99 Å². The van der Waals surface area contributed by atoms with Crippen molar-refractivity contribution < 1.29 is 4.79 Å². The van der Waals surface area contributed by atoms with Gasteiger partial charge in [0.25, 0.3) is 0 Å². The van der Waals surface area contributed by atoms with Crippen molar-refractivity contribution in [1.29, 1.82) is 0 Å². The molecular weight excluding hydrogens is 427 g/mol. The molecule has 3 nitrogen and oxygen atoms in total. The van der Waals surface area contributed by atoms with E-state index in [9.17, 15) is 4.79 Å². The number of fused-ring (bicyclic) bond motifs is 1. The van der Waals surface area contributed by atoms with E-state index < -0.39 is 0 Å². The number of aliphatic imine (C=N–C) groups is 1. The van der Waals surface area contributed by atoms with Gasteiger partial charge in [0.15, 0.2) is 0 Å². The second-order valence-corrected chi connectivity index (χ2v) is 7.96. The maximum absolute atomic E-state index is 12.1. The van der Waals surface area contributed by atoms with E-state index in [1.807, 2.05) is 42.5 Å². The summed E-state index contributed by atoms with van der Waals surface area (Å²) in [5.41, 5.74) is 3.12. The van der Waals surface area contributed by atoms with Gasteiger partial charge in [0.05, 0.1) is 17.1 Å². The first-order valence-corrected chi connectivity index (χ1v) is 9.74. The zero-order valence-electron chi connectivity index (χ0n) is 11.6. The molecule has 0 spiro atoms. The number of carbonyl (C=O) groups excluding carboxylic acids is 1. The van der Waals surface area contributed by atoms with Gasteiger partial charge in [-0.05, 0) is 46.4 Å². The van der Waals surface area contributed by atoms with Crippen molar-refractivity contribution in [2.75, 3.05) is 11.1 Å². The number of amides is 1. The summed E-state index contributed by atoms with van der Waals surface area (Å²) in [5.74, 6) is 1.29. The van der Waals surface area contributed by atoms with Gasteiger partial charge in [-0.15, -0.1) is 0 Å². The van der Waals surface area contributed by atoms with Gasteiger partial charge < -0.3 is 5.32 Å². The van der Waals surface area contributed by atoms with Crippen LogP contribution in [0, 0.1) is 3.57 Å². The molecule has 3 rings (SSSR count). The number of halogens is 1. The van der Waals surface area contributed by atoms with E-state index in [1.54, 1.807) is 11.8 Å². The van der Waals surface area contributed by atoms with Crippen molar-refractivity contribution in [2.24, 2.45) is 4.99 Å². The highest BCUT2D eigenvalue weighted by Gasteiger charge is 2.14. The Bertz CT molecular complexity index is 734. The fraction of sp³-hybridized carbons (Fsp3) is 0.125. The van der Waals surface area contributed by atoms with Crippen LogP contribution in [0.3, 0.4) is 0 Å². The number of anilines is 1. The van der Waals surface area contributed by atoms with Crippen LogP contribution in [0.15, 0.2) is 53.5 Å². The Morgan fingerprint density at radius 2 is 2.00 bits per heavy atom. The second kappa shape index (κ2) is 7.52. The van der Waals surface area contributed by atoms with E-state index >= 15 is 0 Å². The van der Waals surface area contributed by atoms with Crippen LogP contribution in [-0.2, 0) is 10.5 Å². The molecule has 0 bridgehead atoms. The van der Waals surface area contributed by atoms with E-state index in [0.29, 0.717) is 5.75 Å². The lowest BCUT2D eigenvalue weighted by atomic mass is 10.2. The molecule has 6 heteroatoms. The van der Waals surface area contributed by atoms with Gasteiger partial charge in [-0.1, -0.05) is 53.9 Å². The highest BCUT2D eigenvalue weighted by atomic mass is 127. The van der Waals surface area contributed by atoms with Crippen LogP contribution in [-0.4, -0.2) is 16.0 Å². The molecule has 0 atom stereocenters. The zero-order chi connectivity index (χ0) is 15.4. The van der Waals surface area contributed by atoms with Crippen molar-refractivity contribution in [3.63, 3.8) is 0 Å². The molecule has 0 aliphatic carbocycles. The van der Waals surface area contributed by atoms with Gasteiger partial charge in [0.1, 0.15) is 4.38 Å². The SMILES string of the molecule is O=C(CSC1=Nc2ccccc2CS1)Nc1ccccc1I. The third kappa shape index (κ3) is 4.05. The number of hydrogen-bond donors (Lipinski definition) is 1. The summed E-state index contributed by atoms with van der Waals surface area (Å²) in [7, 11) is 0. The zero-order valence-corrected chi connectivity index (χ0v) is 15.4. The Morgan fingerprint density at radius 1 is 1.23 bits per heavy atom. The third-order valence-corrected chi connectivity index (χ3v) is 6.22. The van der Waals surface area contributed by atoms with Crippen LogP contribution >= 0.6 is 46.1 Å². The number of carbonyl (C=O) groups is 1. The predicted octanol–water partition coefficient (Wildman–Crippen LogP) is 4.90. The van der Waals surface area contributed by atoms with Gasteiger partial charge in [0.2, 0.25) is 5.91 Å². The number of benzene rings is 2. The number of nitrogens with one attached hydrogen (secondary N) is 1. The van der Waals surface area contributed by atoms with Crippen LogP contribution in [0.2, 0.25) is 0 Å². The Balaban J connectivity index is 1.58. The summed E-state index contributed by atoms with van der Waals surface area (Å²) in [6, 6.07) is 15.9. The highest BCUT2D eigenvalue weighted by molar-refractivity contribution is 14.1. The van der Waals surface area contributed by atoms with E-state index in [2.05, 4.69) is 39.0 Å². The fourth-order valence-corrected chi connectivity index (χ4v) is 4.35. The molecule has 1 aliphatic rings. The van der Waals surface area contributed by atoms with Gasteiger partial charge >= 0.3 is 0 Å². The first kappa shape index (κ1) is 15.9. The molecule has 2 aromatic rings. The molecule has 0 unspecified atom stereocenters. The maximum Gasteiger partial charge on any atom is 0.234 e. The Hall–Kier alpha value is -0.990. The van der Waals surface area contributed by atoms with Crippen molar-refractivity contribution >= 4 is 67.8 Å². The number of hydrogen-bond acceptors (Lipinski definition) is 4. The Kier molecular flexibility index (Phi) is 5.43. The van der Waals surface area contributed by atoms with Crippen LogP contribution in [0.25, 0.3) is 0 Å². The first-order chi connectivity index (χ1) is 10.7. The molecule has 0 fully saturated rings. The molecule has 1 N–H and O–H groups in total. The molecular formula is C16H13IN2OS2. The van der Waals surface area contributed by atoms with E-state index in [1.165, 1.54) is 17.3 Å². The fourth-order valence-electron chi connectivity index (χ4n) is 1.96. The summed E-state index contributed by atoms with van der Waals surface area (Å²) in [6.07, 6.45) is 0. The van der Waals surface area contributed by atoms with Crippen molar-refractivity contribution in [3.8, 4) is 0 Å². The normalized spacial score (nSPS) is 13.2. The summed E-state index contributed by atoms with van der Waals surface area (Å²) >= 11 is 5.40. The number of rotatable bonds is 3. The van der Waals surface area contributed by atoms with Crippen molar-refractivity contribution in [3.05, 3.63) is 57.7 Å². The predicted molar refractivity (Wildman–Crippen MR) is 105 cm³/mol. The standard InChI is InChI=1S/C16H13IN2OS2/c17-12-6-2-4-8-14(12)18-15(20)10-22-16-19-13-7-3-1-5-11(13)9-21-16/h1-8H,9-10H2,(H,18,20). The maximum atomic E-state index is 12.1. The minimum atomic E-state index is -0.00345. The minimum absolute atomic E-state index is 0.00345. The van der Waals surface area contributed by atoms with Crippen LogP contribution in [0.5, 0.6) is 0 Å². The lowest BCUT2D eigenvalue weighted by Crippen LogP contribution is -2.15. The molecule has 1 heterocycles. The molecule has 0 aromatic heterocycles. The summed E-state index contributed by atoms with van der Waals surface area (Å²) in [6.45, 7) is 0. The molecule has 2 aromatic carbocycles. The summed E-state index contributed by atoms with van der Waals surface area (Å²) in [5, 5.41) is 2.94. The molecule has 22 heavy (non-hydrogen) atoms. The van der Waals surface area contributed by atoms with Crippen LogP contribution in [0.4, 0.5) is 11.4 Å². The molecule has 1 aliphatic heterocycles. The first-order valence-electron chi connectivity index (χ1n) is 6.69. The lowest BCUT2D eigenvalue weighted by Gasteiger charge is -2.14. The molecule has 1 amide bonds. The van der Waals surface area contributed by atoms with E-state index in [-0.39, 0.29) is 5.91 Å². The number of para-hydroxylation sites is 2. The van der Waals surface area contributed by atoms with Gasteiger partial charge in [-0.2, -0.15) is 0 Å². The average Bonchev–Trinajstić information content (AvgIpc) is 2.55. The largest absolute Gasteiger partial charge is 0.324 e. The summed E-state index contributed by atoms with van der Waals surface area (Å²) < 4.78 is 1.99. The van der Waals surface area contributed by atoms with E-state index in [0.717, 1.165) is 25.1 Å². The van der Waals surface area contributed by atoms with E-state index in [4.69, 9.17) is 0 Å². The topological polar surface area (TPSA) is 41.5 Å². The number of nitrogens with zero attached hydrogens (tertiary/aromatic N) is 1. The average molecular weight is 440 g/mol. The Morgan fingerprint density at radius 3 is 2.86 bits per heavy atom. The molecule has 0 saturated carbocycles. The highest BCUT2D eigenvalue weighted by Crippen LogP contribution is 2.34. The quantitative estimate of drug-likeness (QED) is 0.691. The Labute approximate surface area is 151 Å². The van der Waals surface area contributed by atoms with Crippen LogP contribution in [0.1, 0.15) is 5.56 Å². The smallest absolute Gasteiger partial charge is 0.234 e. The van der Waals surface area contributed by atoms with Gasteiger partial charge in [-0.3, -0.25) is 4.79 Å². The van der Waals surface area contributed by atoms with Crippen LogP contribution < -0.4 is 5.32 Å². The monoisotopic (exact) mass is 440 g/mol. The minimum Gasteiger partial charge on any atom is -0.324 e. The summed E-state index contributed by atoms with van der Waals surface area (Å²) in [4.78, 5) is 16.7. The molecule has 0 saturated heterocycles. The second-order valence-electron chi connectivity index (χ2n) is 4.61. The third-order valence-electron chi connectivity index (χ3n) is 3.03. The van der Waals surface area contributed by atoms with Gasteiger partial charge in [0, 0.05) is 9.32 Å². The molecule has 0 radical (unpaired) electrons. The van der Waals surface area contributed by atoms with Crippen molar-refractivity contribution in [1.82, 2.24) is 0 Å². The molecule has 112 valence electrons.